The molecule has 3 amide bonds. The largest absolute Gasteiger partial charge is 0.444 e. The van der Waals surface area contributed by atoms with Gasteiger partial charge < -0.3 is 32.2 Å². The highest BCUT2D eigenvalue weighted by Gasteiger charge is 2.62. The van der Waals surface area contributed by atoms with Crippen molar-refractivity contribution in [2.45, 2.75) is 102 Å². The van der Waals surface area contributed by atoms with E-state index >= 15 is 13.6 Å². The van der Waals surface area contributed by atoms with Gasteiger partial charge in [0.2, 0.25) is 5.78 Å². The van der Waals surface area contributed by atoms with Gasteiger partial charge in [0, 0.05) is 37.4 Å². The molecule has 0 saturated carbocycles. The van der Waals surface area contributed by atoms with Crippen LogP contribution in [0, 0.1) is 5.92 Å². The molecule has 0 radical (unpaired) electrons. The number of carbonyl (C=O) groups is 6. The van der Waals surface area contributed by atoms with Gasteiger partial charge in [-0.2, -0.15) is 8.78 Å². The molecule has 0 saturated heterocycles. The van der Waals surface area contributed by atoms with Gasteiger partial charge in [0.05, 0.1) is 24.1 Å². The van der Waals surface area contributed by atoms with Gasteiger partial charge in [-0.05, 0) is 49.9 Å². The fraction of sp³-hybridized carbons (Fsp3) is 0.395. The number of ketones is 3. The number of nitrogens with one attached hydrogen (secondary N) is 2. The standard InChI is InChI=1S/C43H52F2N8O7/c1-6-26(2)33(47)35(54)34(31-19-13-14-20-50-31)53(37(56)32(21-27-15-9-7-10-16-27)52-40(59)60-41(3,4)5)39(58)43(44,45)38(57)42(48,23-28-17-11-8-12-18-28)36(55)30(46)22-29-24-49-25-51-29/h7-20,24-26,30,32-34H,6,21-23,46-48H2,1-5H3,(H,49,51)(H,52,59)/t26-,30+,32-,33-,34?,42?/m0/s1. The van der Waals surface area contributed by atoms with Gasteiger partial charge in [-0.1, -0.05) is 87.0 Å². The number of carbonyl (C=O) groups excluding carboxylic acids is 6. The first-order chi connectivity index (χ1) is 28.2. The van der Waals surface area contributed by atoms with Gasteiger partial charge in [0.15, 0.2) is 11.6 Å². The Kier molecular flexibility index (Phi) is 15.4. The van der Waals surface area contributed by atoms with Crippen molar-refractivity contribution in [2.24, 2.45) is 23.1 Å². The average Bonchev–Trinajstić information content (AvgIpc) is 3.74. The van der Waals surface area contributed by atoms with Gasteiger partial charge in [0.1, 0.15) is 23.2 Å². The molecular formula is C43H52F2N8O7. The lowest BCUT2D eigenvalue weighted by Gasteiger charge is -2.37. The Hall–Kier alpha value is -6.04. The Labute approximate surface area is 346 Å². The third-order valence-corrected chi connectivity index (χ3v) is 9.86. The number of imidazole rings is 1. The number of rotatable bonds is 19. The van der Waals surface area contributed by atoms with Crippen LogP contribution in [0.3, 0.4) is 0 Å². The Morgan fingerprint density at radius 1 is 0.883 bits per heavy atom. The molecule has 0 aliphatic carbocycles. The van der Waals surface area contributed by atoms with Crippen LogP contribution in [0.1, 0.15) is 69.6 Å². The predicted molar refractivity (Wildman–Crippen MR) is 217 cm³/mol. The van der Waals surface area contributed by atoms with Crippen molar-refractivity contribution < 1.29 is 42.3 Å². The number of H-pyrrole nitrogens is 1. The van der Waals surface area contributed by atoms with Crippen molar-refractivity contribution in [1.82, 2.24) is 25.2 Å². The molecule has 4 aromatic rings. The minimum absolute atomic E-state index is 0.103. The summed E-state index contributed by atoms with van der Waals surface area (Å²) >= 11 is 0. The highest BCUT2D eigenvalue weighted by molar-refractivity contribution is 6.24. The van der Waals surface area contributed by atoms with Crippen LogP contribution in [0.25, 0.3) is 0 Å². The van der Waals surface area contributed by atoms with E-state index in [0.29, 0.717) is 17.7 Å². The number of Topliss-reactive ketones (excluding diaryl/α,β-unsaturated/α-hetero) is 3. The minimum Gasteiger partial charge on any atom is -0.444 e. The van der Waals surface area contributed by atoms with Gasteiger partial charge in [-0.25, -0.2) is 9.78 Å². The number of halogens is 2. The second-order valence-electron chi connectivity index (χ2n) is 15.7. The van der Waals surface area contributed by atoms with Crippen LogP contribution < -0.4 is 22.5 Å². The molecule has 2 aromatic heterocycles. The van der Waals surface area contributed by atoms with Crippen LogP contribution in [0.4, 0.5) is 13.6 Å². The van der Waals surface area contributed by atoms with E-state index in [0.717, 1.165) is 0 Å². The van der Waals surface area contributed by atoms with Gasteiger partial charge in [-0.15, -0.1) is 0 Å². The molecule has 0 spiro atoms. The molecule has 17 heteroatoms. The molecule has 6 atom stereocenters. The predicted octanol–water partition coefficient (Wildman–Crippen LogP) is 3.56. The second kappa shape index (κ2) is 19.8. The highest BCUT2D eigenvalue weighted by Crippen LogP contribution is 2.34. The lowest BCUT2D eigenvalue weighted by atomic mass is 9.77. The number of hydrogen-bond acceptors (Lipinski definition) is 12. The van der Waals surface area contributed by atoms with E-state index in [1.165, 1.54) is 61.2 Å². The first-order valence-electron chi connectivity index (χ1n) is 19.3. The summed E-state index contributed by atoms with van der Waals surface area (Å²) in [6.07, 6.45) is 1.45. The lowest BCUT2D eigenvalue weighted by molar-refractivity contribution is -0.176. The molecule has 4 rings (SSSR count). The molecule has 320 valence electrons. The van der Waals surface area contributed by atoms with Crippen molar-refractivity contribution in [3.05, 3.63) is 120 Å². The first-order valence-corrected chi connectivity index (χ1v) is 19.3. The van der Waals surface area contributed by atoms with Crippen molar-refractivity contribution >= 4 is 35.3 Å². The lowest BCUT2D eigenvalue weighted by Crippen LogP contribution is -2.69. The maximum atomic E-state index is 17.3. The van der Waals surface area contributed by atoms with Gasteiger partial charge in [0.25, 0.3) is 5.91 Å². The molecule has 0 aliphatic heterocycles. The Bertz CT molecular complexity index is 2100. The number of aromatic amines is 1. The number of nitrogens with zero attached hydrogens (tertiary/aromatic N) is 3. The van der Waals surface area contributed by atoms with E-state index in [1.807, 2.05) is 0 Å². The van der Waals surface area contributed by atoms with Crippen molar-refractivity contribution in [3.8, 4) is 0 Å². The molecule has 8 N–H and O–H groups in total. The van der Waals surface area contributed by atoms with Crippen molar-refractivity contribution in [2.75, 3.05) is 0 Å². The number of hydrogen-bond donors (Lipinski definition) is 5. The van der Waals surface area contributed by atoms with E-state index in [2.05, 4.69) is 20.3 Å². The zero-order valence-electron chi connectivity index (χ0n) is 34.1. The van der Waals surface area contributed by atoms with Gasteiger partial charge >= 0.3 is 17.9 Å². The third-order valence-electron chi connectivity index (χ3n) is 9.86. The first kappa shape index (κ1) is 46.6. The molecular weight excluding hydrogens is 779 g/mol. The topological polar surface area (TPSA) is 247 Å². The summed E-state index contributed by atoms with van der Waals surface area (Å²) in [7, 11) is 0. The number of aromatic nitrogens is 3. The van der Waals surface area contributed by atoms with E-state index < -0.39 is 95.2 Å². The van der Waals surface area contributed by atoms with E-state index in [1.54, 1.807) is 71.0 Å². The maximum absolute atomic E-state index is 17.3. The zero-order valence-corrected chi connectivity index (χ0v) is 34.1. The zero-order chi connectivity index (χ0) is 44.4. The van der Waals surface area contributed by atoms with E-state index in [9.17, 15) is 24.0 Å². The molecule has 2 aromatic carbocycles. The molecule has 15 nitrogen and oxygen atoms in total. The molecule has 2 unspecified atom stereocenters. The second-order valence-corrected chi connectivity index (χ2v) is 15.7. The molecule has 0 bridgehead atoms. The summed E-state index contributed by atoms with van der Waals surface area (Å²) in [5.41, 5.74) is 15.3. The fourth-order valence-corrected chi connectivity index (χ4v) is 6.45. The smallest absolute Gasteiger partial charge is 0.408 e. The van der Waals surface area contributed by atoms with E-state index in [4.69, 9.17) is 21.9 Å². The number of amides is 3. The third kappa shape index (κ3) is 11.4. The number of alkyl halides is 2. The Morgan fingerprint density at radius 3 is 2.02 bits per heavy atom. The van der Waals surface area contributed by atoms with Crippen molar-refractivity contribution in [3.63, 3.8) is 0 Å². The van der Waals surface area contributed by atoms with Crippen LogP contribution in [0.15, 0.2) is 97.6 Å². The quantitative estimate of drug-likeness (QED) is 0.0852. The molecule has 60 heavy (non-hydrogen) atoms. The summed E-state index contributed by atoms with van der Waals surface area (Å²) < 4.78 is 40.0. The van der Waals surface area contributed by atoms with Crippen LogP contribution in [-0.4, -0.2) is 90.3 Å². The Morgan fingerprint density at radius 2 is 1.48 bits per heavy atom. The normalized spacial score (nSPS) is 15.3. The Balaban J connectivity index is 1.95. The summed E-state index contributed by atoms with van der Waals surface area (Å²) in [4.78, 5) is 96.9. The number of pyridine rings is 1. The van der Waals surface area contributed by atoms with Crippen molar-refractivity contribution in [1.29, 1.82) is 0 Å². The average molecular weight is 831 g/mol. The number of ether oxygens (including phenoxy) is 1. The number of alkyl carbamates (subject to hydrolysis) is 1. The van der Waals surface area contributed by atoms with Crippen LogP contribution >= 0.6 is 0 Å². The highest BCUT2D eigenvalue weighted by atomic mass is 19.3. The van der Waals surface area contributed by atoms with Crippen LogP contribution in [0.2, 0.25) is 0 Å². The number of imide groups is 1. The molecule has 0 aliphatic rings. The number of nitrogens with two attached hydrogens (primary N) is 3. The number of benzene rings is 2. The summed E-state index contributed by atoms with van der Waals surface area (Å²) in [6.45, 7) is 7.97. The minimum atomic E-state index is -5.31. The molecule has 2 heterocycles. The SMILES string of the molecule is CC[C@H](C)[C@H](N)C(=O)C(c1ccccn1)N(C(=O)[C@H](Cc1ccccc1)NC(=O)OC(C)(C)C)C(=O)C(F)(F)C(=O)C(N)(Cc1ccccc1)C(=O)[C@H](N)Cc1cnc[nH]1. The van der Waals surface area contributed by atoms with E-state index in [-0.39, 0.29) is 22.6 Å². The van der Waals surface area contributed by atoms with Crippen LogP contribution in [-0.2, 0) is 48.0 Å². The van der Waals surface area contributed by atoms with Gasteiger partial charge in [-0.3, -0.25) is 33.9 Å². The summed E-state index contributed by atoms with van der Waals surface area (Å²) in [5, 5.41) is 2.36. The molecule has 0 fully saturated rings. The fourth-order valence-electron chi connectivity index (χ4n) is 6.45. The summed E-state index contributed by atoms with van der Waals surface area (Å²) in [5.74, 6) is -14.8. The van der Waals surface area contributed by atoms with Crippen LogP contribution in [0.5, 0.6) is 0 Å². The summed E-state index contributed by atoms with van der Waals surface area (Å²) in [6, 6.07) is 12.4. The maximum Gasteiger partial charge on any atom is 0.408 e. The monoisotopic (exact) mass is 830 g/mol.